The molecule has 7 rings (SSSR count). The molecule has 3 heterocycles. The molecular formula is C43H44BrCl2N5O7. The van der Waals surface area contributed by atoms with Crippen molar-refractivity contribution in [1.29, 1.82) is 0 Å². The maximum Gasteiger partial charge on any atom is 0.255 e. The minimum absolute atomic E-state index is 0. The lowest BCUT2D eigenvalue weighted by Crippen LogP contribution is -2.37. The maximum atomic E-state index is 12.8. The quantitative estimate of drug-likeness (QED) is 0.113. The van der Waals surface area contributed by atoms with Gasteiger partial charge in [-0.15, -0.1) is 0 Å². The summed E-state index contributed by atoms with van der Waals surface area (Å²) in [6.45, 7) is 3.86. The number of carbonyl (C=O) groups excluding carboxylic acids is 2. The van der Waals surface area contributed by atoms with Gasteiger partial charge < -0.3 is 34.7 Å². The van der Waals surface area contributed by atoms with E-state index in [1.165, 1.54) is 21.3 Å². The van der Waals surface area contributed by atoms with Crippen molar-refractivity contribution in [1.82, 2.24) is 24.7 Å². The molecule has 1 aliphatic rings. The summed E-state index contributed by atoms with van der Waals surface area (Å²) in [5.74, 6) is -1.06. The molecule has 0 atom stereocenters. The van der Waals surface area contributed by atoms with Crippen LogP contribution >= 0.6 is 39.1 Å². The second-order valence-electron chi connectivity index (χ2n) is 13.5. The number of fused-ring (bicyclic) bond motifs is 2. The van der Waals surface area contributed by atoms with Crippen molar-refractivity contribution < 1.29 is 24.5 Å². The summed E-state index contributed by atoms with van der Waals surface area (Å²) in [6.07, 6.45) is 0. The summed E-state index contributed by atoms with van der Waals surface area (Å²) in [5.41, 5.74) is 4.07. The van der Waals surface area contributed by atoms with Crippen LogP contribution in [-0.4, -0.2) is 62.4 Å². The number of hydrogen-bond donors (Lipinski definition) is 4. The number of aryl methyl sites for hydroxylation is 2. The maximum absolute atomic E-state index is 12.8. The highest BCUT2D eigenvalue weighted by Gasteiger charge is 2.20. The zero-order valence-electron chi connectivity index (χ0n) is 31.2. The fraction of sp³-hybridized carbons (Fsp3) is 0.256. The third-order valence-corrected chi connectivity index (χ3v) is 10.9. The Labute approximate surface area is 353 Å². The van der Waals surface area contributed by atoms with Crippen LogP contribution in [0.5, 0.6) is 11.5 Å². The Morgan fingerprint density at radius 2 is 1.10 bits per heavy atom. The van der Waals surface area contributed by atoms with Gasteiger partial charge in [-0.25, -0.2) is 0 Å². The number of phenolic OH excluding ortho intramolecular Hbond substituents is 2. The second-order valence-corrected chi connectivity index (χ2v) is 14.9. The fourth-order valence-corrected chi connectivity index (χ4v) is 7.17. The third-order valence-electron chi connectivity index (χ3n) is 9.77. The van der Waals surface area contributed by atoms with Gasteiger partial charge in [-0.2, -0.15) is 0 Å². The van der Waals surface area contributed by atoms with E-state index in [1.807, 2.05) is 24.3 Å². The van der Waals surface area contributed by atoms with Gasteiger partial charge in [-0.1, -0.05) is 70.8 Å². The van der Waals surface area contributed by atoms with Crippen molar-refractivity contribution in [2.24, 2.45) is 14.1 Å². The van der Waals surface area contributed by atoms with Gasteiger partial charge in [-0.3, -0.25) is 24.1 Å². The third kappa shape index (κ3) is 9.91. The smallest absolute Gasteiger partial charge is 0.255 e. The number of benzene rings is 4. The van der Waals surface area contributed by atoms with Crippen molar-refractivity contribution in [3.8, 4) is 11.5 Å². The molecule has 2 aromatic heterocycles. The number of rotatable bonds is 9. The topological polar surface area (TPSA) is 155 Å². The predicted octanol–water partition coefficient (Wildman–Crippen LogP) is 7.02. The van der Waals surface area contributed by atoms with E-state index in [-0.39, 0.29) is 41.2 Å². The fourth-order valence-electron chi connectivity index (χ4n) is 6.52. The van der Waals surface area contributed by atoms with E-state index in [9.17, 15) is 29.4 Å². The van der Waals surface area contributed by atoms with Gasteiger partial charge in [0.1, 0.15) is 11.5 Å². The number of phenols is 2. The van der Waals surface area contributed by atoms with Gasteiger partial charge in [0.05, 0.1) is 35.4 Å². The van der Waals surface area contributed by atoms with Crippen molar-refractivity contribution in [3.05, 3.63) is 149 Å². The number of hydrogen-bond acceptors (Lipinski definition) is 8. The van der Waals surface area contributed by atoms with Gasteiger partial charge in [0, 0.05) is 84.1 Å². The van der Waals surface area contributed by atoms with E-state index >= 15 is 0 Å². The zero-order valence-corrected chi connectivity index (χ0v) is 34.2. The molecule has 1 fully saturated rings. The highest BCUT2D eigenvalue weighted by atomic mass is 79.9. The van der Waals surface area contributed by atoms with E-state index in [0.717, 1.165) is 24.2 Å². The molecule has 12 nitrogen and oxygen atoms in total. The van der Waals surface area contributed by atoms with Crippen LogP contribution in [0.1, 0.15) is 50.4 Å². The lowest BCUT2D eigenvalue weighted by Gasteiger charge is -2.26. The number of carbonyl (C=O) groups is 2. The molecule has 58 heavy (non-hydrogen) atoms. The number of amides is 2. The highest BCUT2D eigenvalue weighted by molar-refractivity contribution is 9.08. The van der Waals surface area contributed by atoms with Crippen LogP contribution in [0.3, 0.4) is 0 Å². The molecule has 0 bridgehead atoms. The summed E-state index contributed by atoms with van der Waals surface area (Å²) in [4.78, 5) is 52.3. The number of ether oxygens (including phenoxy) is 1. The number of pyridine rings is 2. The van der Waals surface area contributed by atoms with Gasteiger partial charge in [0.2, 0.25) is 0 Å². The minimum Gasteiger partial charge on any atom is -0.506 e. The Morgan fingerprint density at radius 3 is 1.53 bits per heavy atom. The van der Waals surface area contributed by atoms with Crippen molar-refractivity contribution in [3.63, 3.8) is 0 Å². The van der Waals surface area contributed by atoms with Crippen LogP contribution in [0.4, 0.5) is 0 Å². The SMILES string of the molecule is C.Cn1c(=O)c(CBr)cc2c(O)c(C(=O)NCc3ccc(Cl)cc3)ccc21.Cn1c(=O)c(CN2CCOCC2)cc2c(O)c(C(=O)NCc3ccc(Cl)cc3)ccc21. The molecule has 6 aromatic rings. The Morgan fingerprint density at radius 1 is 0.690 bits per heavy atom. The molecule has 4 aromatic carbocycles. The molecule has 15 heteroatoms. The van der Waals surface area contributed by atoms with Crippen molar-refractivity contribution in [2.75, 3.05) is 26.3 Å². The van der Waals surface area contributed by atoms with E-state index in [0.29, 0.717) is 81.2 Å². The van der Waals surface area contributed by atoms with Gasteiger partial charge in [0.25, 0.3) is 22.9 Å². The Hall–Kier alpha value is -5.18. The molecule has 0 aliphatic carbocycles. The first-order valence-electron chi connectivity index (χ1n) is 18.0. The first-order chi connectivity index (χ1) is 27.4. The number of nitrogens with one attached hydrogen (secondary N) is 2. The first kappa shape index (κ1) is 43.9. The zero-order chi connectivity index (χ0) is 40.8. The van der Waals surface area contributed by atoms with Gasteiger partial charge in [-0.05, 0) is 71.8 Å². The number of morpholine rings is 1. The molecule has 1 saturated heterocycles. The second kappa shape index (κ2) is 19.5. The van der Waals surface area contributed by atoms with Gasteiger partial charge >= 0.3 is 0 Å². The van der Waals surface area contributed by atoms with Crippen LogP contribution in [0.15, 0.2) is 94.5 Å². The molecule has 2 amide bonds. The summed E-state index contributed by atoms with van der Waals surface area (Å²) >= 11 is 15.0. The number of alkyl halides is 1. The van der Waals surface area contributed by atoms with E-state index in [1.54, 1.807) is 62.6 Å². The molecule has 0 radical (unpaired) electrons. The molecule has 4 N–H and O–H groups in total. The lowest BCUT2D eigenvalue weighted by molar-refractivity contribution is 0.0340. The highest BCUT2D eigenvalue weighted by Crippen LogP contribution is 2.30. The molecular weight excluding hydrogens is 849 g/mol. The Balaban J connectivity index is 0.000000221. The van der Waals surface area contributed by atoms with Gasteiger partial charge in [0.15, 0.2) is 0 Å². The largest absolute Gasteiger partial charge is 0.506 e. The van der Waals surface area contributed by atoms with Crippen molar-refractivity contribution in [2.45, 2.75) is 32.4 Å². The van der Waals surface area contributed by atoms with E-state index in [4.69, 9.17) is 27.9 Å². The van der Waals surface area contributed by atoms with Crippen LogP contribution in [0, 0.1) is 0 Å². The molecule has 304 valence electrons. The van der Waals surface area contributed by atoms with E-state index < -0.39 is 11.8 Å². The minimum atomic E-state index is -0.395. The number of aromatic nitrogens is 2. The molecule has 0 saturated carbocycles. The van der Waals surface area contributed by atoms with Crippen LogP contribution in [0.25, 0.3) is 21.8 Å². The normalized spacial score (nSPS) is 12.7. The number of halogens is 3. The monoisotopic (exact) mass is 891 g/mol. The van der Waals surface area contributed by atoms with Crippen molar-refractivity contribution >= 4 is 72.8 Å². The Bertz CT molecular complexity index is 2570. The predicted molar refractivity (Wildman–Crippen MR) is 232 cm³/mol. The summed E-state index contributed by atoms with van der Waals surface area (Å²) in [6, 6.07) is 24.0. The summed E-state index contributed by atoms with van der Waals surface area (Å²) in [5, 5.41) is 29.6. The summed E-state index contributed by atoms with van der Waals surface area (Å²) < 4.78 is 8.34. The van der Waals surface area contributed by atoms with Crippen LogP contribution in [-0.2, 0) is 43.8 Å². The van der Waals surface area contributed by atoms with Crippen LogP contribution < -0.4 is 21.8 Å². The van der Waals surface area contributed by atoms with E-state index in [2.05, 4.69) is 31.5 Å². The molecule has 0 spiro atoms. The Kier molecular flexibility index (Phi) is 14.8. The average molecular weight is 894 g/mol. The molecule has 1 aliphatic heterocycles. The summed E-state index contributed by atoms with van der Waals surface area (Å²) in [7, 11) is 3.31. The standard InChI is InChI=1S/C23H24ClN3O4.C19H16BrClN2O3.CH4/c1-26-20-7-6-18(22(29)25-13-15-2-4-17(24)5-3-15)21(28)19(20)12-16(23(26)30)14-27-8-10-31-11-9-27;1-23-16-7-6-14(17(24)15(16)8-12(9-20)19(23)26)18(25)22-10-11-2-4-13(21)5-3-11;/h2-7,12,28H,8-11,13-14H2,1H3,(H,25,29);2-8,24H,9-10H2,1H3,(H,22,25);1H4. The number of aromatic hydroxyl groups is 2. The average Bonchev–Trinajstić information content (AvgIpc) is 3.21. The number of nitrogens with zero attached hydrogens (tertiary/aromatic N) is 3. The van der Waals surface area contributed by atoms with Crippen LogP contribution in [0.2, 0.25) is 10.0 Å². The molecule has 0 unspecified atom stereocenters. The first-order valence-corrected chi connectivity index (χ1v) is 19.8. The lowest BCUT2D eigenvalue weighted by atomic mass is 10.1.